The Hall–Kier alpha value is -2.88. The number of thiazole rings is 1. The van der Waals surface area contributed by atoms with Crippen LogP contribution in [0.1, 0.15) is 49.1 Å². The zero-order valence-corrected chi connectivity index (χ0v) is 25.2. The number of benzene rings is 2. The second-order valence-corrected chi connectivity index (χ2v) is 15.3. The summed E-state index contributed by atoms with van der Waals surface area (Å²) >= 11 is 8.87. The molecule has 2 saturated carbocycles. The Balaban J connectivity index is 1.19. The maximum atomic E-state index is 13.8. The van der Waals surface area contributed by atoms with Crippen molar-refractivity contribution in [3.63, 3.8) is 0 Å². The van der Waals surface area contributed by atoms with E-state index in [0.717, 1.165) is 21.9 Å². The highest BCUT2D eigenvalue weighted by molar-refractivity contribution is 8.00. The number of nitrogens with one attached hydrogen (secondary N) is 2. The molecule has 3 fully saturated rings. The first-order valence-corrected chi connectivity index (χ1v) is 16.0. The average molecular weight is 608 g/mol. The van der Waals surface area contributed by atoms with Crippen molar-refractivity contribution in [1.29, 1.82) is 0 Å². The maximum Gasteiger partial charge on any atom is 0.305 e. The van der Waals surface area contributed by atoms with Crippen molar-refractivity contribution in [3.05, 3.63) is 79.2 Å². The van der Waals surface area contributed by atoms with Crippen LogP contribution in [0.25, 0.3) is 0 Å². The lowest BCUT2D eigenvalue weighted by Crippen LogP contribution is -2.42. The molecule has 41 heavy (non-hydrogen) atoms. The quantitative estimate of drug-likeness (QED) is 0.382. The fourth-order valence-electron chi connectivity index (χ4n) is 7.68. The SMILES string of the molecule is CC(C)(C)c1ccc(C2c3sc(=O)[nH]c3SC3C4CC(C5C(=O)N(CC(=O)Nc6ccc(Cl)cc6)C(=O)C45)C23)cc1. The number of likely N-dealkylation sites (tertiary alicyclic amines) is 1. The van der Waals surface area contributed by atoms with E-state index < -0.39 is 17.7 Å². The molecule has 7 unspecified atom stereocenters. The number of hydrogen-bond acceptors (Lipinski definition) is 6. The van der Waals surface area contributed by atoms with Gasteiger partial charge in [0.25, 0.3) is 0 Å². The molecule has 0 radical (unpaired) electrons. The van der Waals surface area contributed by atoms with Crippen LogP contribution in [0.3, 0.4) is 0 Å². The highest BCUT2D eigenvalue weighted by Crippen LogP contribution is 2.68. The summed E-state index contributed by atoms with van der Waals surface area (Å²) in [5.41, 5.74) is 2.96. The lowest BCUT2D eigenvalue weighted by atomic mass is 9.68. The second kappa shape index (κ2) is 9.57. The van der Waals surface area contributed by atoms with Crippen molar-refractivity contribution in [2.75, 3.05) is 11.9 Å². The summed E-state index contributed by atoms with van der Waals surface area (Å²) < 4.78 is 0. The number of aromatic nitrogens is 1. The van der Waals surface area contributed by atoms with Gasteiger partial charge in [-0.15, -0.1) is 11.8 Å². The van der Waals surface area contributed by atoms with Gasteiger partial charge in [-0.2, -0.15) is 0 Å². The predicted molar refractivity (Wildman–Crippen MR) is 160 cm³/mol. The van der Waals surface area contributed by atoms with E-state index >= 15 is 0 Å². The molecule has 4 aliphatic rings. The molecular formula is C31H30ClN3O4S2. The maximum absolute atomic E-state index is 13.8. The number of aromatic amines is 1. The molecule has 7 nitrogen and oxygen atoms in total. The number of anilines is 1. The topological polar surface area (TPSA) is 99.3 Å². The van der Waals surface area contributed by atoms with E-state index in [4.69, 9.17) is 11.6 Å². The van der Waals surface area contributed by atoms with Crippen LogP contribution >= 0.6 is 34.7 Å². The predicted octanol–water partition coefficient (Wildman–Crippen LogP) is 5.50. The van der Waals surface area contributed by atoms with E-state index in [2.05, 4.69) is 55.3 Å². The van der Waals surface area contributed by atoms with Crippen LogP contribution in [-0.2, 0) is 19.8 Å². The molecule has 0 spiro atoms. The number of halogens is 1. The van der Waals surface area contributed by atoms with Crippen molar-refractivity contribution in [3.8, 4) is 0 Å². The van der Waals surface area contributed by atoms with Crippen LogP contribution in [0.2, 0.25) is 5.02 Å². The Morgan fingerprint density at radius 1 is 1.00 bits per heavy atom. The van der Waals surface area contributed by atoms with E-state index in [1.165, 1.54) is 21.8 Å². The number of H-pyrrole nitrogens is 1. The molecule has 2 aliphatic carbocycles. The van der Waals surface area contributed by atoms with E-state index in [0.29, 0.717) is 10.7 Å². The lowest BCUT2D eigenvalue weighted by Gasteiger charge is -2.43. The zero-order valence-electron chi connectivity index (χ0n) is 22.8. The van der Waals surface area contributed by atoms with E-state index in [9.17, 15) is 19.2 Å². The number of amides is 3. The lowest BCUT2D eigenvalue weighted by molar-refractivity contribution is -0.143. The van der Waals surface area contributed by atoms with Gasteiger partial charge in [-0.3, -0.25) is 24.1 Å². The largest absolute Gasteiger partial charge is 0.325 e. The third-order valence-electron chi connectivity index (χ3n) is 9.38. The summed E-state index contributed by atoms with van der Waals surface area (Å²) in [6.07, 6.45) is 0.815. The van der Waals surface area contributed by atoms with Gasteiger partial charge in [0.2, 0.25) is 17.7 Å². The van der Waals surface area contributed by atoms with Crippen molar-refractivity contribution >= 4 is 58.1 Å². The van der Waals surface area contributed by atoms with Gasteiger partial charge < -0.3 is 10.3 Å². The molecule has 1 aromatic heterocycles. The van der Waals surface area contributed by atoms with E-state index in [-0.39, 0.29) is 57.6 Å². The third kappa shape index (κ3) is 4.31. The normalized spacial score (nSPS) is 29.9. The number of thioether (sulfide) groups is 1. The molecule has 2 aromatic carbocycles. The molecule has 1 saturated heterocycles. The Morgan fingerprint density at radius 2 is 1.66 bits per heavy atom. The molecule has 10 heteroatoms. The summed E-state index contributed by atoms with van der Waals surface area (Å²) in [5, 5.41) is 4.33. The summed E-state index contributed by atoms with van der Waals surface area (Å²) in [6.45, 7) is 6.26. The molecular weight excluding hydrogens is 578 g/mol. The first kappa shape index (κ1) is 27.0. The summed E-state index contributed by atoms with van der Waals surface area (Å²) in [5.74, 6) is -1.59. The van der Waals surface area contributed by atoms with Crippen LogP contribution in [0.4, 0.5) is 5.69 Å². The molecule has 2 aliphatic heterocycles. The first-order valence-electron chi connectivity index (χ1n) is 13.9. The minimum atomic E-state index is -0.425. The van der Waals surface area contributed by atoms with Gasteiger partial charge in [0.1, 0.15) is 6.54 Å². The van der Waals surface area contributed by atoms with Crippen molar-refractivity contribution in [2.24, 2.45) is 29.6 Å². The molecule has 2 N–H and O–H groups in total. The number of fused-ring (bicyclic) bond motifs is 9. The summed E-state index contributed by atoms with van der Waals surface area (Å²) in [7, 11) is 0. The smallest absolute Gasteiger partial charge is 0.305 e. The standard InChI is InChI=1S/C31H30ClN3O4S2/c1-31(2,3)15-6-4-14(5-7-15)21-22-18-12-19(25(22)40-27-26(21)41-30(39)34-27)24-23(18)28(37)35(29(24)38)13-20(36)33-17-10-8-16(32)9-11-17/h4-11,18-19,21-25H,12-13H2,1-3H3,(H,33,36)(H,34,39). The molecule has 7 atom stereocenters. The van der Waals surface area contributed by atoms with Crippen LogP contribution < -0.4 is 10.2 Å². The van der Waals surface area contributed by atoms with Gasteiger partial charge in [0.05, 0.1) is 16.9 Å². The minimum Gasteiger partial charge on any atom is -0.325 e. The van der Waals surface area contributed by atoms with Crippen LogP contribution in [-0.4, -0.2) is 39.4 Å². The van der Waals surface area contributed by atoms with Crippen molar-refractivity contribution < 1.29 is 14.4 Å². The highest BCUT2D eigenvalue weighted by atomic mass is 35.5. The van der Waals surface area contributed by atoms with E-state index in [1.807, 2.05) is 0 Å². The monoisotopic (exact) mass is 607 g/mol. The molecule has 3 amide bonds. The second-order valence-electron chi connectivity index (χ2n) is 12.7. The van der Waals surface area contributed by atoms with Gasteiger partial charge in [0, 0.05) is 26.8 Å². The highest BCUT2D eigenvalue weighted by Gasteiger charge is 2.69. The van der Waals surface area contributed by atoms with Crippen LogP contribution in [0.15, 0.2) is 58.4 Å². The summed E-state index contributed by atoms with van der Waals surface area (Å²) in [4.78, 5) is 58.0. The van der Waals surface area contributed by atoms with Gasteiger partial charge in [0.15, 0.2) is 0 Å². The fourth-order valence-corrected chi connectivity index (χ4v) is 10.7. The van der Waals surface area contributed by atoms with Gasteiger partial charge >= 0.3 is 4.87 Å². The number of carbonyl (C=O) groups is 3. The Bertz CT molecular complexity index is 1620. The summed E-state index contributed by atoms with van der Waals surface area (Å²) in [6, 6.07) is 15.4. The van der Waals surface area contributed by atoms with Crippen LogP contribution in [0.5, 0.6) is 0 Å². The molecule has 3 aromatic rings. The molecule has 2 bridgehead atoms. The van der Waals surface area contributed by atoms with Crippen molar-refractivity contribution in [2.45, 2.75) is 48.8 Å². The number of imide groups is 1. The Kier molecular flexibility index (Phi) is 6.30. The Morgan fingerprint density at radius 3 is 2.32 bits per heavy atom. The van der Waals surface area contributed by atoms with Gasteiger partial charge in [-0.25, -0.2) is 0 Å². The average Bonchev–Trinajstić information content (AvgIpc) is 3.65. The molecule has 212 valence electrons. The molecule has 7 rings (SSSR count). The number of carbonyl (C=O) groups excluding carboxylic acids is 3. The fraction of sp³-hybridized carbons (Fsp3) is 0.419. The van der Waals surface area contributed by atoms with Gasteiger partial charge in [-0.1, -0.05) is 68.0 Å². The van der Waals surface area contributed by atoms with Gasteiger partial charge in [-0.05, 0) is 65.0 Å². The Labute approximate surface area is 251 Å². The number of hydrogen-bond donors (Lipinski definition) is 2. The first-order chi connectivity index (χ1) is 19.5. The minimum absolute atomic E-state index is 0.0147. The number of nitrogens with zero attached hydrogens (tertiary/aromatic N) is 1. The number of rotatable bonds is 4. The molecule has 3 heterocycles. The van der Waals surface area contributed by atoms with Crippen LogP contribution in [0, 0.1) is 29.6 Å². The van der Waals surface area contributed by atoms with Crippen molar-refractivity contribution in [1.82, 2.24) is 9.88 Å². The van der Waals surface area contributed by atoms with E-state index in [1.54, 1.807) is 36.0 Å². The third-order valence-corrected chi connectivity index (χ3v) is 12.2. The zero-order chi connectivity index (χ0) is 28.8.